The molecular weight excluding hydrogens is 244 g/mol. The predicted octanol–water partition coefficient (Wildman–Crippen LogP) is 2.44. The molecule has 1 heterocycles. The van der Waals surface area contributed by atoms with E-state index in [0.717, 1.165) is 19.6 Å². The molecule has 106 valence electrons. The largest absolute Gasteiger partial charge is 0.366 e. The third kappa shape index (κ3) is 4.48. The normalized spacial score (nSPS) is 12.5. The summed E-state index contributed by atoms with van der Waals surface area (Å²) >= 11 is 0. The van der Waals surface area contributed by atoms with Gasteiger partial charge in [-0.3, -0.25) is 10.1 Å². The summed E-state index contributed by atoms with van der Waals surface area (Å²) in [5.74, 6) is 0.683. The Morgan fingerprint density at radius 2 is 2.05 bits per heavy atom. The van der Waals surface area contributed by atoms with Crippen molar-refractivity contribution in [3.05, 3.63) is 27.9 Å². The Labute approximate surface area is 114 Å². The molecule has 0 spiro atoms. The van der Waals surface area contributed by atoms with E-state index < -0.39 is 4.92 Å². The lowest BCUT2D eigenvalue weighted by atomic mass is 10.2. The van der Waals surface area contributed by atoms with E-state index in [4.69, 9.17) is 0 Å². The highest BCUT2D eigenvalue weighted by molar-refractivity contribution is 5.45. The molecule has 0 aliphatic rings. The molecule has 1 aromatic heterocycles. The minimum Gasteiger partial charge on any atom is -0.366 e. The van der Waals surface area contributed by atoms with E-state index >= 15 is 0 Å². The van der Waals surface area contributed by atoms with Crippen molar-refractivity contribution in [2.24, 2.45) is 0 Å². The highest BCUT2D eigenvalue weighted by Crippen LogP contribution is 2.18. The number of hydrogen-bond donors (Lipinski definition) is 1. The summed E-state index contributed by atoms with van der Waals surface area (Å²) in [4.78, 5) is 16.8. The smallest absolute Gasteiger partial charge is 0.290 e. The summed E-state index contributed by atoms with van der Waals surface area (Å²) in [6.07, 6.45) is 0. The standard InChI is InChI=1S/C13H22N4O2/c1-5-16(6-2)9-10(3)14-13-8-7-12(17(18)19)11(4)15-13/h7-8,10H,5-6,9H2,1-4H3,(H,14,15). The van der Waals surface area contributed by atoms with Gasteiger partial charge in [0.25, 0.3) is 5.69 Å². The first kappa shape index (κ1) is 15.4. The second-order valence-electron chi connectivity index (χ2n) is 4.59. The van der Waals surface area contributed by atoms with Crippen molar-refractivity contribution in [1.29, 1.82) is 0 Å². The van der Waals surface area contributed by atoms with E-state index in [0.29, 0.717) is 11.5 Å². The zero-order valence-electron chi connectivity index (χ0n) is 12.0. The molecular formula is C13H22N4O2. The van der Waals surface area contributed by atoms with Crippen LogP contribution in [-0.2, 0) is 0 Å². The number of likely N-dealkylation sites (N-methyl/N-ethyl adjacent to an activating group) is 1. The topological polar surface area (TPSA) is 71.3 Å². The Morgan fingerprint density at radius 1 is 1.42 bits per heavy atom. The number of hydrogen-bond acceptors (Lipinski definition) is 5. The number of nitrogens with one attached hydrogen (secondary N) is 1. The molecule has 0 aliphatic heterocycles. The average molecular weight is 266 g/mol. The lowest BCUT2D eigenvalue weighted by molar-refractivity contribution is -0.385. The van der Waals surface area contributed by atoms with E-state index in [1.807, 2.05) is 0 Å². The molecule has 6 nitrogen and oxygen atoms in total. The number of nitrogens with zero attached hydrogens (tertiary/aromatic N) is 3. The van der Waals surface area contributed by atoms with Crippen molar-refractivity contribution in [2.45, 2.75) is 33.7 Å². The van der Waals surface area contributed by atoms with Gasteiger partial charge in [-0.2, -0.15) is 0 Å². The SMILES string of the molecule is CCN(CC)CC(C)Nc1ccc([N+](=O)[O-])c(C)n1. The minimum absolute atomic E-state index is 0.0574. The fraction of sp³-hybridized carbons (Fsp3) is 0.615. The molecule has 0 saturated heterocycles. The molecule has 0 radical (unpaired) electrons. The van der Waals surface area contributed by atoms with Crippen LogP contribution >= 0.6 is 0 Å². The van der Waals surface area contributed by atoms with Crippen LogP contribution in [0, 0.1) is 17.0 Å². The quantitative estimate of drug-likeness (QED) is 0.606. The van der Waals surface area contributed by atoms with Crippen LogP contribution in [0.1, 0.15) is 26.5 Å². The first-order valence-corrected chi connectivity index (χ1v) is 6.58. The Hall–Kier alpha value is -1.69. The third-order valence-corrected chi connectivity index (χ3v) is 3.08. The second-order valence-corrected chi connectivity index (χ2v) is 4.59. The first-order valence-electron chi connectivity index (χ1n) is 6.58. The van der Waals surface area contributed by atoms with Crippen LogP contribution in [0.4, 0.5) is 11.5 Å². The number of pyridine rings is 1. The van der Waals surface area contributed by atoms with Gasteiger partial charge in [0.05, 0.1) is 4.92 Å². The van der Waals surface area contributed by atoms with Crippen LogP contribution in [0.3, 0.4) is 0 Å². The minimum atomic E-state index is -0.411. The maximum Gasteiger partial charge on any atom is 0.290 e. The molecule has 1 atom stereocenters. The van der Waals surface area contributed by atoms with Gasteiger partial charge in [0.1, 0.15) is 11.5 Å². The van der Waals surface area contributed by atoms with Crippen LogP contribution in [0.2, 0.25) is 0 Å². The molecule has 1 rings (SSSR count). The van der Waals surface area contributed by atoms with E-state index in [2.05, 4.69) is 36.0 Å². The van der Waals surface area contributed by atoms with E-state index in [9.17, 15) is 10.1 Å². The van der Waals surface area contributed by atoms with Gasteiger partial charge in [0, 0.05) is 18.7 Å². The van der Waals surface area contributed by atoms with Crippen LogP contribution in [0.25, 0.3) is 0 Å². The van der Waals surface area contributed by atoms with Gasteiger partial charge < -0.3 is 10.2 Å². The van der Waals surface area contributed by atoms with Gasteiger partial charge in [-0.15, -0.1) is 0 Å². The van der Waals surface area contributed by atoms with Gasteiger partial charge in [-0.05, 0) is 33.0 Å². The van der Waals surface area contributed by atoms with Crippen molar-refractivity contribution < 1.29 is 4.92 Å². The summed E-state index contributed by atoms with van der Waals surface area (Å²) < 4.78 is 0. The van der Waals surface area contributed by atoms with Crippen LogP contribution < -0.4 is 5.32 Å². The van der Waals surface area contributed by atoms with Gasteiger partial charge in [0.2, 0.25) is 0 Å². The zero-order valence-corrected chi connectivity index (χ0v) is 12.0. The lowest BCUT2D eigenvalue weighted by Gasteiger charge is -2.23. The number of nitro groups is 1. The fourth-order valence-electron chi connectivity index (χ4n) is 1.99. The molecule has 0 fully saturated rings. The van der Waals surface area contributed by atoms with Crippen LogP contribution in [0.15, 0.2) is 12.1 Å². The number of aromatic nitrogens is 1. The molecule has 0 amide bonds. The lowest BCUT2D eigenvalue weighted by Crippen LogP contribution is -2.34. The zero-order chi connectivity index (χ0) is 14.4. The summed E-state index contributed by atoms with van der Waals surface area (Å²) in [6, 6.07) is 3.40. The van der Waals surface area contributed by atoms with Crippen molar-refractivity contribution in [2.75, 3.05) is 25.0 Å². The van der Waals surface area contributed by atoms with Gasteiger partial charge >= 0.3 is 0 Å². The van der Waals surface area contributed by atoms with Crippen molar-refractivity contribution in [3.8, 4) is 0 Å². The van der Waals surface area contributed by atoms with Crippen LogP contribution in [-0.4, -0.2) is 40.5 Å². The van der Waals surface area contributed by atoms with Gasteiger partial charge in [-0.25, -0.2) is 4.98 Å². The summed E-state index contributed by atoms with van der Waals surface area (Å²) in [7, 11) is 0. The maximum absolute atomic E-state index is 10.7. The predicted molar refractivity (Wildman–Crippen MR) is 76.5 cm³/mol. The molecule has 0 aromatic carbocycles. The second kappa shape index (κ2) is 7.04. The number of rotatable bonds is 7. The monoisotopic (exact) mass is 266 g/mol. The summed E-state index contributed by atoms with van der Waals surface area (Å²) in [5, 5.41) is 14.0. The summed E-state index contributed by atoms with van der Waals surface area (Å²) in [5.41, 5.74) is 0.493. The Balaban J connectivity index is 2.67. The maximum atomic E-state index is 10.7. The summed E-state index contributed by atoms with van der Waals surface area (Å²) in [6.45, 7) is 10.9. The third-order valence-electron chi connectivity index (χ3n) is 3.08. The van der Waals surface area contributed by atoms with E-state index in [1.165, 1.54) is 6.07 Å². The Kier molecular flexibility index (Phi) is 5.69. The van der Waals surface area contributed by atoms with Crippen molar-refractivity contribution in [1.82, 2.24) is 9.88 Å². The molecule has 0 aliphatic carbocycles. The fourth-order valence-corrected chi connectivity index (χ4v) is 1.99. The first-order chi connectivity index (χ1) is 8.97. The molecule has 1 N–H and O–H groups in total. The molecule has 6 heteroatoms. The van der Waals surface area contributed by atoms with Gasteiger partial charge in [0.15, 0.2) is 0 Å². The van der Waals surface area contributed by atoms with Crippen molar-refractivity contribution in [3.63, 3.8) is 0 Å². The molecule has 1 aromatic rings. The van der Waals surface area contributed by atoms with Crippen LogP contribution in [0.5, 0.6) is 0 Å². The van der Waals surface area contributed by atoms with E-state index in [1.54, 1.807) is 13.0 Å². The van der Waals surface area contributed by atoms with E-state index in [-0.39, 0.29) is 11.7 Å². The Bertz CT molecular complexity index is 433. The number of anilines is 1. The average Bonchev–Trinajstić information content (AvgIpc) is 2.35. The highest BCUT2D eigenvalue weighted by Gasteiger charge is 2.13. The molecule has 19 heavy (non-hydrogen) atoms. The van der Waals surface area contributed by atoms with Crippen molar-refractivity contribution >= 4 is 11.5 Å². The van der Waals surface area contributed by atoms with Gasteiger partial charge in [-0.1, -0.05) is 13.8 Å². The highest BCUT2D eigenvalue weighted by atomic mass is 16.6. The Morgan fingerprint density at radius 3 is 2.53 bits per heavy atom. The molecule has 0 saturated carbocycles. The molecule has 1 unspecified atom stereocenters. The molecule has 0 bridgehead atoms. The number of aryl methyl sites for hydroxylation is 1.